The lowest BCUT2D eigenvalue weighted by atomic mass is 9.84. The zero-order chi connectivity index (χ0) is 14.4. The summed E-state index contributed by atoms with van der Waals surface area (Å²) in [5, 5.41) is 12.5. The van der Waals surface area contributed by atoms with E-state index in [2.05, 4.69) is 15.3 Å². The van der Waals surface area contributed by atoms with Crippen molar-refractivity contribution in [1.82, 2.24) is 9.97 Å². The molecule has 1 aromatic rings. The molecule has 112 valence electrons. The van der Waals surface area contributed by atoms with Gasteiger partial charge in [0.05, 0.1) is 25.1 Å². The Kier molecular flexibility index (Phi) is 5.14. The van der Waals surface area contributed by atoms with Gasteiger partial charge < -0.3 is 19.9 Å². The fourth-order valence-electron chi connectivity index (χ4n) is 2.32. The van der Waals surface area contributed by atoms with E-state index in [4.69, 9.17) is 9.47 Å². The van der Waals surface area contributed by atoms with Crippen LogP contribution < -0.4 is 10.1 Å². The van der Waals surface area contributed by atoms with Gasteiger partial charge in [-0.15, -0.1) is 0 Å². The Bertz CT molecular complexity index is 420. The molecule has 0 radical (unpaired) electrons. The van der Waals surface area contributed by atoms with Crippen molar-refractivity contribution in [3.63, 3.8) is 0 Å². The number of nitrogens with one attached hydrogen (secondary N) is 1. The number of aliphatic hydroxyl groups excluding tert-OH is 1. The zero-order valence-electron chi connectivity index (χ0n) is 12.1. The highest BCUT2D eigenvalue weighted by Gasteiger charge is 2.34. The predicted molar refractivity (Wildman–Crippen MR) is 75.9 cm³/mol. The molecule has 0 aliphatic carbocycles. The number of aromatic nitrogens is 2. The molecule has 1 atom stereocenters. The van der Waals surface area contributed by atoms with Crippen molar-refractivity contribution < 1.29 is 14.6 Å². The van der Waals surface area contributed by atoms with Crippen LogP contribution in [0.5, 0.6) is 5.88 Å². The summed E-state index contributed by atoms with van der Waals surface area (Å²) < 4.78 is 11.0. The SMILES string of the molecule is CC(C)Oc1cncc(NCC2(CCO)CCOC2)n1. The summed E-state index contributed by atoms with van der Waals surface area (Å²) in [4.78, 5) is 8.49. The molecule has 0 amide bonds. The Morgan fingerprint density at radius 3 is 3.00 bits per heavy atom. The first-order valence-corrected chi connectivity index (χ1v) is 7.05. The summed E-state index contributed by atoms with van der Waals surface area (Å²) in [5.41, 5.74) is -0.00859. The normalized spacial score (nSPS) is 22.2. The van der Waals surface area contributed by atoms with Gasteiger partial charge in [-0.1, -0.05) is 0 Å². The molecule has 1 aromatic heterocycles. The van der Waals surface area contributed by atoms with Crippen LogP contribution in [0.2, 0.25) is 0 Å². The third kappa shape index (κ3) is 4.05. The van der Waals surface area contributed by atoms with Crippen molar-refractivity contribution in [2.24, 2.45) is 5.41 Å². The highest BCUT2D eigenvalue weighted by atomic mass is 16.5. The standard InChI is InChI=1S/C14H23N3O3/c1-11(2)20-13-8-15-7-12(17-13)16-9-14(3-5-18)4-6-19-10-14/h7-8,11,18H,3-6,9-10H2,1-2H3,(H,16,17). The van der Waals surface area contributed by atoms with Gasteiger partial charge in [-0.2, -0.15) is 4.98 Å². The van der Waals surface area contributed by atoms with Crippen LogP contribution in [0, 0.1) is 5.41 Å². The minimum atomic E-state index is -0.00859. The van der Waals surface area contributed by atoms with E-state index in [0.29, 0.717) is 24.8 Å². The van der Waals surface area contributed by atoms with Crippen molar-refractivity contribution in [3.05, 3.63) is 12.4 Å². The monoisotopic (exact) mass is 281 g/mol. The van der Waals surface area contributed by atoms with Gasteiger partial charge in [0.2, 0.25) is 5.88 Å². The average molecular weight is 281 g/mol. The number of hydrogen-bond donors (Lipinski definition) is 2. The zero-order valence-corrected chi connectivity index (χ0v) is 12.1. The van der Waals surface area contributed by atoms with E-state index in [-0.39, 0.29) is 18.1 Å². The summed E-state index contributed by atoms with van der Waals surface area (Å²) in [6.45, 7) is 6.22. The molecule has 2 N–H and O–H groups in total. The molecule has 0 bridgehead atoms. The molecule has 1 unspecified atom stereocenters. The lowest BCUT2D eigenvalue weighted by Crippen LogP contribution is -2.31. The van der Waals surface area contributed by atoms with Gasteiger partial charge in [-0.3, -0.25) is 4.98 Å². The summed E-state index contributed by atoms with van der Waals surface area (Å²) >= 11 is 0. The fraction of sp³-hybridized carbons (Fsp3) is 0.714. The molecule has 1 aliphatic heterocycles. The minimum absolute atomic E-state index is 0.00859. The van der Waals surface area contributed by atoms with E-state index < -0.39 is 0 Å². The maximum Gasteiger partial charge on any atom is 0.234 e. The largest absolute Gasteiger partial charge is 0.474 e. The number of aliphatic hydroxyl groups is 1. The maximum absolute atomic E-state index is 9.20. The maximum atomic E-state index is 9.20. The van der Waals surface area contributed by atoms with Crippen molar-refractivity contribution >= 4 is 5.82 Å². The molecule has 1 aliphatic rings. The second-order valence-electron chi connectivity index (χ2n) is 5.54. The molecule has 1 saturated heterocycles. The Morgan fingerprint density at radius 1 is 1.50 bits per heavy atom. The van der Waals surface area contributed by atoms with Gasteiger partial charge in [-0.05, 0) is 26.7 Å². The van der Waals surface area contributed by atoms with E-state index in [0.717, 1.165) is 19.4 Å². The van der Waals surface area contributed by atoms with E-state index in [1.807, 2.05) is 13.8 Å². The lowest BCUT2D eigenvalue weighted by Gasteiger charge is -2.26. The summed E-state index contributed by atoms with van der Waals surface area (Å²) in [5.74, 6) is 1.20. The molecular weight excluding hydrogens is 258 g/mol. The molecule has 2 heterocycles. The molecule has 1 fully saturated rings. The van der Waals surface area contributed by atoms with E-state index in [1.165, 1.54) is 0 Å². The van der Waals surface area contributed by atoms with Gasteiger partial charge in [0.25, 0.3) is 0 Å². The number of nitrogens with zero attached hydrogens (tertiary/aromatic N) is 2. The van der Waals surface area contributed by atoms with Crippen molar-refractivity contribution in [3.8, 4) is 5.88 Å². The third-order valence-corrected chi connectivity index (χ3v) is 3.44. The van der Waals surface area contributed by atoms with Gasteiger partial charge in [0.15, 0.2) is 0 Å². The highest BCUT2D eigenvalue weighted by molar-refractivity contribution is 5.33. The quantitative estimate of drug-likeness (QED) is 0.788. The van der Waals surface area contributed by atoms with Gasteiger partial charge in [0.1, 0.15) is 5.82 Å². The first-order valence-electron chi connectivity index (χ1n) is 7.05. The van der Waals surface area contributed by atoms with Gasteiger partial charge in [0, 0.05) is 25.2 Å². The van der Waals surface area contributed by atoms with E-state index in [1.54, 1.807) is 12.4 Å². The van der Waals surface area contributed by atoms with Gasteiger partial charge >= 0.3 is 0 Å². The molecular formula is C14H23N3O3. The minimum Gasteiger partial charge on any atom is -0.474 e. The van der Waals surface area contributed by atoms with Crippen molar-refractivity contribution in [2.45, 2.75) is 32.8 Å². The van der Waals surface area contributed by atoms with Crippen molar-refractivity contribution in [1.29, 1.82) is 0 Å². The van der Waals surface area contributed by atoms with Crippen LogP contribution in [0.1, 0.15) is 26.7 Å². The van der Waals surface area contributed by atoms with Crippen LogP contribution in [-0.4, -0.2) is 47.5 Å². The number of rotatable bonds is 7. The second kappa shape index (κ2) is 6.85. The topological polar surface area (TPSA) is 76.5 Å². The van der Waals surface area contributed by atoms with Crippen LogP contribution in [0.25, 0.3) is 0 Å². The van der Waals surface area contributed by atoms with Crippen LogP contribution >= 0.6 is 0 Å². The summed E-state index contributed by atoms with van der Waals surface area (Å²) in [6.07, 6.45) is 5.04. The number of ether oxygens (including phenoxy) is 2. The summed E-state index contributed by atoms with van der Waals surface area (Å²) in [6, 6.07) is 0. The van der Waals surface area contributed by atoms with Crippen LogP contribution in [0.3, 0.4) is 0 Å². The van der Waals surface area contributed by atoms with Crippen molar-refractivity contribution in [2.75, 3.05) is 31.7 Å². The molecule has 2 rings (SSSR count). The fourth-order valence-corrected chi connectivity index (χ4v) is 2.32. The Balaban J connectivity index is 1.95. The Morgan fingerprint density at radius 2 is 2.35 bits per heavy atom. The first kappa shape index (κ1) is 15.0. The number of anilines is 1. The molecule has 0 saturated carbocycles. The molecule has 6 heteroatoms. The second-order valence-corrected chi connectivity index (χ2v) is 5.54. The molecule has 20 heavy (non-hydrogen) atoms. The highest BCUT2D eigenvalue weighted by Crippen LogP contribution is 2.32. The summed E-state index contributed by atoms with van der Waals surface area (Å²) in [7, 11) is 0. The van der Waals surface area contributed by atoms with Crippen LogP contribution in [0.4, 0.5) is 5.82 Å². The molecule has 0 spiro atoms. The van der Waals surface area contributed by atoms with Gasteiger partial charge in [-0.25, -0.2) is 0 Å². The number of hydrogen-bond acceptors (Lipinski definition) is 6. The van der Waals surface area contributed by atoms with E-state index in [9.17, 15) is 5.11 Å². The molecule has 0 aromatic carbocycles. The Labute approximate surface area is 119 Å². The average Bonchev–Trinajstić information content (AvgIpc) is 2.86. The Hall–Kier alpha value is -1.40. The third-order valence-electron chi connectivity index (χ3n) is 3.44. The first-order chi connectivity index (χ1) is 9.63. The van der Waals surface area contributed by atoms with Crippen LogP contribution in [-0.2, 0) is 4.74 Å². The smallest absolute Gasteiger partial charge is 0.234 e. The lowest BCUT2D eigenvalue weighted by molar-refractivity contribution is 0.133. The molecule has 6 nitrogen and oxygen atoms in total. The van der Waals surface area contributed by atoms with E-state index >= 15 is 0 Å². The predicted octanol–water partition coefficient (Wildman–Crippen LogP) is 1.46. The van der Waals surface area contributed by atoms with Crippen LogP contribution in [0.15, 0.2) is 12.4 Å².